The third-order valence-corrected chi connectivity index (χ3v) is 2.79. The van der Waals surface area contributed by atoms with Gasteiger partial charge in [0.1, 0.15) is 0 Å². The number of carbonyl (C=O) groups excluding carboxylic acids is 1. The quantitative estimate of drug-likeness (QED) is 0.769. The van der Waals surface area contributed by atoms with E-state index in [1.54, 1.807) is 12.1 Å². The van der Waals surface area contributed by atoms with Crippen LogP contribution in [-0.4, -0.2) is 31.8 Å². The zero-order valence-corrected chi connectivity index (χ0v) is 12.2. The van der Waals surface area contributed by atoms with E-state index in [2.05, 4.69) is 23.9 Å². The summed E-state index contributed by atoms with van der Waals surface area (Å²) in [6.07, 6.45) is 0. The van der Waals surface area contributed by atoms with E-state index >= 15 is 0 Å². The number of hydrogen-bond acceptors (Lipinski definition) is 4. The Bertz CT molecular complexity index is 398. The molecule has 0 bridgehead atoms. The predicted molar refractivity (Wildman–Crippen MR) is 75.2 cm³/mol. The molecule has 0 heterocycles. The highest BCUT2D eigenvalue weighted by Crippen LogP contribution is 2.09. The molecular weight excluding hydrogens is 242 g/mol. The maximum atomic E-state index is 11.3. The van der Waals surface area contributed by atoms with Gasteiger partial charge in [-0.1, -0.05) is 12.1 Å². The van der Waals surface area contributed by atoms with Gasteiger partial charge in [0.25, 0.3) is 0 Å². The third-order valence-electron chi connectivity index (χ3n) is 2.79. The van der Waals surface area contributed by atoms with Crippen molar-refractivity contribution in [2.75, 3.05) is 20.3 Å². The van der Waals surface area contributed by atoms with E-state index in [-0.39, 0.29) is 11.6 Å². The van der Waals surface area contributed by atoms with Crippen molar-refractivity contribution in [1.82, 2.24) is 5.32 Å². The largest absolute Gasteiger partial charge is 0.465 e. The number of methoxy groups -OCH3 is 1. The fourth-order valence-corrected chi connectivity index (χ4v) is 1.83. The van der Waals surface area contributed by atoms with Crippen molar-refractivity contribution >= 4 is 5.97 Å². The van der Waals surface area contributed by atoms with Gasteiger partial charge in [-0.05, 0) is 38.5 Å². The number of carbonyl (C=O) groups is 1. The first-order valence-electron chi connectivity index (χ1n) is 6.50. The lowest BCUT2D eigenvalue weighted by molar-refractivity contribution is -0.00897. The summed E-state index contributed by atoms with van der Waals surface area (Å²) in [4.78, 5) is 11.3. The van der Waals surface area contributed by atoms with E-state index in [9.17, 15) is 4.79 Å². The van der Waals surface area contributed by atoms with Crippen molar-refractivity contribution < 1.29 is 14.3 Å². The van der Waals surface area contributed by atoms with Gasteiger partial charge in [-0.2, -0.15) is 0 Å². The molecule has 1 aromatic rings. The third kappa shape index (κ3) is 5.41. The van der Waals surface area contributed by atoms with E-state index < -0.39 is 0 Å². The first-order valence-corrected chi connectivity index (χ1v) is 6.50. The van der Waals surface area contributed by atoms with Crippen molar-refractivity contribution in [3.05, 3.63) is 35.4 Å². The molecule has 0 aromatic heterocycles. The van der Waals surface area contributed by atoms with Crippen molar-refractivity contribution in [2.45, 2.75) is 32.9 Å². The second kappa shape index (κ2) is 7.26. The Morgan fingerprint density at radius 2 is 1.89 bits per heavy atom. The lowest BCUT2D eigenvalue weighted by Crippen LogP contribution is -2.37. The standard InChI is InChI=1S/C15H23NO3/c1-5-19-15(2,3)11-16-10-12-6-8-13(9-7-12)14(17)18-4/h6-9,16H,5,10-11H2,1-4H3. The molecule has 0 amide bonds. The molecule has 0 atom stereocenters. The average molecular weight is 265 g/mol. The van der Waals surface area contributed by atoms with Gasteiger partial charge in [0, 0.05) is 19.7 Å². The van der Waals surface area contributed by atoms with E-state index in [4.69, 9.17) is 4.74 Å². The summed E-state index contributed by atoms with van der Waals surface area (Å²) in [5.74, 6) is -0.308. The molecule has 0 unspecified atom stereocenters. The van der Waals surface area contributed by atoms with Gasteiger partial charge in [-0.3, -0.25) is 0 Å². The Morgan fingerprint density at radius 3 is 2.42 bits per heavy atom. The van der Waals surface area contributed by atoms with Crippen LogP contribution in [0.4, 0.5) is 0 Å². The topological polar surface area (TPSA) is 47.6 Å². The Balaban J connectivity index is 2.44. The maximum Gasteiger partial charge on any atom is 0.337 e. The Labute approximate surface area is 115 Å². The zero-order valence-electron chi connectivity index (χ0n) is 12.2. The summed E-state index contributed by atoms with van der Waals surface area (Å²) in [5, 5.41) is 3.35. The molecule has 0 aliphatic carbocycles. The van der Waals surface area contributed by atoms with Crippen molar-refractivity contribution in [1.29, 1.82) is 0 Å². The molecule has 0 saturated carbocycles. The van der Waals surface area contributed by atoms with Crippen LogP contribution in [-0.2, 0) is 16.0 Å². The molecule has 0 radical (unpaired) electrons. The van der Waals surface area contributed by atoms with Crippen molar-refractivity contribution in [2.24, 2.45) is 0 Å². The summed E-state index contributed by atoms with van der Waals surface area (Å²) in [7, 11) is 1.38. The van der Waals surface area contributed by atoms with Gasteiger partial charge >= 0.3 is 5.97 Å². The first-order chi connectivity index (χ1) is 8.98. The molecule has 1 rings (SSSR count). The van der Waals surface area contributed by atoms with Crippen LogP contribution in [0.3, 0.4) is 0 Å². The number of esters is 1. The number of benzene rings is 1. The summed E-state index contributed by atoms with van der Waals surface area (Å²) < 4.78 is 10.3. The first kappa shape index (κ1) is 15.7. The summed E-state index contributed by atoms with van der Waals surface area (Å²) >= 11 is 0. The summed E-state index contributed by atoms with van der Waals surface area (Å²) in [6.45, 7) is 8.35. The van der Waals surface area contributed by atoms with Crippen molar-refractivity contribution in [3.8, 4) is 0 Å². The van der Waals surface area contributed by atoms with E-state index in [1.165, 1.54) is 7.11 Å². The monoisotopic (exact) mass is 265 g/mol. The van der Waals surface area contributed by atoms with Gasteiger partial charge in [-0.25, -0.2) is 4.79 Å². The summed E-state index contributed by atoms with van der Waals surface area (Å²) in [6, 6.07) is 7.40. The number of ether oxygens (including phenoxy) is 2. The molecule has 0 fully saturated rings. The van der Waals surface area contributed by atoms with Gasteiger partial charge in [0.15, 0.2) is 0 Å². The zero-order chi connectivity index (χ0) is 14.3. The van der Waals surface area contributed by atoms with Crippen LogP contribution in [0, 0.1) is 0 Å². The lowest BCUT2D eigenvalue weighted by atomic mass is 10.1. The second-order valence-corrected chi connectivity index (χ2v) is 4.98. The minimum Gasteiger partial charge on any atom is -0.465 e. The van der Waals surface area contributed by atoms with Crippen molar-refractivity contribution in [3.63, 3.8) is 0 Å². The number of hydrogen-bond donors (Lipinski definition) is 1. The van der Waals surface area contributed by atoms with Crippen LogP contribution < -0.4 is 5.32 Å². The highest BCUT2D eigenvalue weighted by atomic mass is 16.5. The molecule has 4 heteroatoms. The predicted octanol–water partition coefficient (Wildman–Crippen LogP) is 2.38. The van der Waals surface area contributed by atoms with Gasteiger partial charge < -0.3 is 14.8 Å². The highest BCUT2D eigenvalue weighted by molar-refractivity contribution is 5.89. The molecule has 19 heavy (non-hydrogen) atoms. The molecule has 0 aliphatic rings. The van der Waals surface area contributed by atoms with E-state index in [0.29, 0.717) is 12.2 Å². The van der Waals surface area contributed by atoms with Crippen LogP contribution >= 0.6 is 0 Å². The molecule has 0 spiro atoms. The maximum absolute atomic E-state index is 11.3. The van der Waals surface area contributed by atoms with Gasteiger partial charge in [0.05, 0.1) is 18.3 Å². The number of rotatable bonds is 7. The average Bonchev–Trinajstić information content (AvgIpc) is 2.38. The normalized spacial score (nSPS) is 11.4. The van der Waals surface area contributed by atoms with Crippen LogP contribution in [0.25, 0.3) is 0 Å². The van der Waals surface area contributed by atoms with Crippen LogP contribution in [0.15, 0.2) is 24.3 Å². The van der Waals surface area contributed by atoms with Crippen LogP contribution in [0.5, 0.6) is 0 Å². The minimum absolute atomic E-state index is 0.166. The van der Waals surface area contributed by atoms with Gasteiger partial charge in [-0.15, -0.1) is 0 Å². The SMILES string of the molecule is CCOC(C)(C)CNCc1ccc(C(=O)OC)cc1. The molecule has 106 valence electrons. The van der Waals surface area contributed by atoms with Gasteiger partial charge in [0.2, 0.25) is 0 Å². The highest BCUT2D eigenvalue weighted by Gasteiger charge is 2.16. The molecular formula is C15H23NO3. The van der Waals surface area contributed by atoms with Crippen LogP contribution in [0.2, 0.25) is 0 Å². The molecule has 4 nitrogen and oxygen atoms in total. The van der Waals surface area contributed by atoms with Crippen LogP contribution in [0.1, 0.15) is 36.7 Å². The molecule has 0 aliphatic heterocycles. The van der Waals surface area contributed by atoms with E-state index in [0.717, 1.165) is 18.7 Å². The minimum atomic E-state index is -0.308. The molecule has 0 saturated heterocycles. The lowest BCUT2D eigenvalue weighted by Gasteiger charge is -2.25. The summed E-state index contributed by atoms with van der Waals surface area (Å²) in [5.41, 5.74) is 1.53. The smallest absolute Gasteiger partial charge is 0.337 e. The molecule has 1 aromatic carbocycles. The van der Waals surface area contributed by atoms with E-state index in [1.807, 2.05) is 19.1 Å². The Hall–Kier alpha value is -1.39. The Morgan fingerprint density at radius 1 is 1.26 bits per heavy atom. The number of nitrogens with one attached hydrogen (secondary N) is 1. The fraction of sp³-hybridized carbons (Fsp3) is 0.533. The Kier molecular flexibility index (Phi) is 5.99. The molecule has 1 N–H and O–H groups in total. The second-order valence-electron chi connectivity index (χ2n) is 4.98. The fourth-order valence-electron chi connectivity index (χ4n) is 1.83.